The van der Waals surface area contributed by atoms with E-state index in [0.29, 0.717) is 12.2 Å². The summed E-state index contributed by atoms with van der Waals surface area (Å²) < 4.78 is 5.23. The molecule has 2 aromatic carbocycles. The number of nitrogens with two attached hydrogens (primary N) is 1. The summed E-state index contributed by atoms with van der Waals surface area (Å²) in [6, 6.07) is 13.6. The molecule has 0 radical (unpaired) electrons. The SMILES string of the molecule is Cc1cccc(N)c1Nc1cccc(CNC(=O)OC(C)(C)C)c1. The van der Waals surface area contributed by atoms with E-state index in [0.717, 1.165) is 22.5 Å². The van der Waals surface area contributed by atoms with Crippen LogP contribution in [0.4, 0.5) is 21.9 Å². The molecule has 0 atom stereocenters. The van der Waals surface area contributed by atoms with Gasteiger partial charge in [-0.05, 0) is 57.0 Å². The van der Waals surface area contributed by atoms with Gasteiger partial charge >= 0.3 is 6.09 Å². The van der Waals surface area contributed by atoms with E-state index in [1.807, 2.05) is 70.2 Å². The zero-order valence-corrected chi connectivity index (χ0v) is 14.6. The molecule has 128 valence electrons. The van der Waals surface area contributed by atoms with Crippen LogP contribution in [0.5, 0.6) is 0 Å². The summed E-state index contributed by atoms with van der Waals surface area (Å²) in [4.78, 5) is 11.7. The Morgan fingerprint density at radius 2 is 1.88 bits per heavy atom. The number of carbonyl (C=O) groups is 1. The second kappa shape index (κ2) is 7.25. The number of nitrogen functional groups attached to an aromatic ring is 1. The average Bonchev–Trinajstić information content (AvgIpc) is 2.48. The number of alkyl carbamates (subject to hydrolysis) is 1. The zero-order chi connectivity index (χ0) is 17.7. The van der Waals surface area contributed by atoms with Gasteiger partial charge in [0.2, 0.25) is 0 Å². The summed E-state index contributed by atoms with van der Waals surface area (Å²) >= 11 is 0. The van der Waals surface area contributed by atoms with Crippen LogP contribution in [0.3, 0.4) is 0 Å². The van der Waals surface area contributed by atoms with Crippen LogP contribution in [0.1, 0.15) is 31.9 Å². The van der Waals surface area contributed by atoms with Crippen molar-refractivity contribution in [3.63, 3.8) is 0 Å². The van der Waals surface area contributed by atoms with Crippen molar-refractivity contribution in [3.8, 4) is 0 Å². The summed E-state index contributed by atoms with van der Waals surface area (Å²) in [7, 11) is 0. The van der Waals surface area contributed by atoms with Gasteiger partial charge in [-0.15, -0.1) is 0 Å². The van der Waals surface area contributed by atoms with E-state index in [9.17, 15) is 4.79 Å². The molecule has 0 spiro atoms. The van der Waals surface area contributed by atoms with Gasteiger partial charge in [0.25, 0.3) is 0 Å². The Kier molecular flexibility index (Phi) is 5.34. The largest absolute Gasteiger partial charge is 0.444 e. The van der Waals surface area contributed by atoms with Crippen LogP contribution in [0.2, 0.25) is 0 Å². The lowest BCUT2D eigenvalue weighted by Gasteiger charge is -2.19. The molecule has 0 aromatic heterocycles. The predicted molar refractivity (Wildman–Crippen MR) is 98.4 cm³/mol. The first-order valence-electron chi connectivity index (χ1n) is 7.92. The second-order valence-corrected chi connectivity index (χ2v) is 6.72. The molecular weight excluding hydrogens is 302 g/mol. The van der Waals surface area contributed by atoms with Crippen molar-refractivity contribution in [3.05, 3.63) is 53.6 Å². The maximum Gasteiger partial charge on any atom is 0.407 e. The third-order valence-electron chi connectivity index (χ3n) is 3.34. The van der Waals surface area contributed by atoms with Crippen molar-refractivity contribution >= 4 is 23.2 Å². The first-order valence-corrected chi connectivity index (χ1v) is 7.92. The summed E-state index contributed by atoms with van der Waals surface area (Å²) in [5.41, 5.74) is 10.1. The molecule has 4 N–H and O–H groups in total. The highest BCUT2D eigenvalue weighted by Gasteiger charge is 2.15. The molecule has 2 aromatic rings. The van der Waals surface area contributed by atoms with Gasteiger partial charge in [-0.3, -0.25) is 0 Å². The number of nitrogens with one attached hydrogen (secondary N) is 2. The van der Waals surface area contributed by atoms with E-state index in [2.05, 4.69) is 10.6 Å². The van der Waals surface area contributed by atoms with Gasteiger partial charge in [0.05, 0.1) is 11.4 Å². The number of anilines is 3. The quantitative estimate of drug-likeness (QED) is 0.730. The lowest BCUT2D eigenvalue weighted by Crippen LogP contribution is -2.32. The lowest BCUT2D eigenvalue weighted by molar-refractivity contribution is 0.0523. The minimum Gasteiger partial charge on any atom is -0.444 e. The van der Waals surface area contributed by atoms with E-state index >= 15 is 0 Å². The van der Waals surface area contributed by atoms with Gasteiger partial charge in [0.1, 0.15) is 5.60 Å². The smallest absolute Gasteiger partial charge is 0.407 e. The molecule has 0 saturated carbocycles. The molecule has 0 unspecified atom stereocenters. The molecule has 0 saturated heterocycles. The van der Waals surface area contributed by atoms with Gasteiger partial charge in [0, 0.05) is 12.2 Å². The number of benzene rings is 2. The van der Waals surface area contributed by atoms with Crippen LogP contribution in [0, 0.1) is 6.92 Å². The fourth-order valence-electron chi connectivity index (χ4n) is 2.25. The third kappa shape index (κ3) is 5.19. The van der Waals surface area contributed by atoms with Gasteiger partial charge in [-0.1, -0.05) is 24.3 Å². The number of ether oxygens (including phenoxy) is 1. The van der Waals surface area contributed by atoms with Crippen LogP contribution in [-0.2, 0) is 11.3 Å². The van der Waals surface area contributed by atoms with Crippen molar-refractivity contribution in [2.75, 3.05) is 11.1 Å². The van der Waals surface area contributed by atoms with Crippen LogP contribution in [-0.4, -0.2) is 11.7 Å². The number of hydrogen-bond acceptors (Lipinski definition) is 4. The van der Waals surface area contributed by atoms with Crippen LogP contribution >= 0.6 is 0 Å². The van der Waals surface area contributed by atoms with Crippen molar-refractivity contribution < 1.29 is 9.53 Å². The molecule has 0 aliphatic rings. The van der Waals surface area contributed by atoms with E-state index in [1.165, 1.54) is 0 Å². The number of hydrogen-bond donors (Lipinski definition) is 3. The molecule has 0 fully saturated rings. The maximum absolute atomic E-state index is 11.7. The van der Waals surface area contributed by atoms with Crippen molar-refractivity contribution in [1.82, 2.24) is 5.32 Å². The first-order chi connectivity index (χ1) is 11.2. The maximum atomic E-state index is 11.7. The standard InChI is InChI=1S/C19H25N3O2/c1-13-7-5-10-16(20)17(13)22-15-9-6-8-14(11-15)12-21-18(23)24-19(2,3)4/h5-11,22H,12,20H2,1-4H3,(H,21,23). The van der Waals surface area contributed by atoms with Crippen molar-refractivity contribution in [2.45, 2.75) is 39.8 Å². The second-order valence-electron chi connectivity index (χ2n) is 6.72. The number of aryl methyl sites for hydroxylation is 1. The summed E-state index contributed by atoms with van der Waals surface area (Å²) in [6.07, 6.45) is -0.427. The normalized spacial score (nSPS) is 11.0. The summed E-state index contributed by atoms with van der Waals surface area (Å²) in [6.45, 7) is 7.91. The molecule has 0 heterocycles. The van der Waals surface area contributed by atoms with Gasteiger partial charge in [0.15, 0.2) is 0 Å². The number of para-hydroxylation sites is 1. The van der Waals surface area contributed by atoms with Crippen LogP contribution in [0.25, 0.3) is 0 Å². The monoisotopic (exact) mass is 327 g/mol. The summed E-state index contributed by atoms with van der Waals surface area (Å²) in [5, 5.41) is 6.09. The Hall–Kier alpha value is -2.69. The van der Waals surface area contributed by atoms with Gasteiger partial charge < -0.3 is 21.1 Å². The van der Waals surface area contributed by atoms with Crippen LogP contribution in [0.15, 0.2) is 42.5 Å². The van der Waals surface area contributed by atoms with E-state index in [-0.39, 0.29) is 0 Å². The van der Waals surface area contributed by atoms with Crippen molar-refractivity contribution in [2.24, 2.45) is 0 Å². The minimum absolute atomic E-state index is 0.397. The third-order valence-corrected chi connectivity index (χ3v) is 3.34. The average molecular weight is 327 g/mol. The topological polar surface area (TPSA) is 76.4 Å². The van der Waals surface area contributed by atoms with Gasteiger partial charge in [-0.2, -0.15) is 0 Å². The highest BCUT2D eigenvalue weighted by Crippen LogP contribution is 2.27. The van der Waals surface area contributed by atoms with Crippen LogP contribution < -0.4 is 16.4 Å². The highest BCUT2D eigenvalue weighted by atomic mass is 16.6. The molecule has 0 aliphatic heterocycles. The van der Waals surface area contributed by atoms with E-state index in [4.69, 9.17) is 10.5 Å². The Balaban J connectivity index is 2.03. The molecule has 2 rings (SSSR count). The zero-order valence-electron chi connectivity index (χ0n) is 14.6. The molecule has 5 heteroatoms. The number of carbonyl (C=O) groups excluding carboxylic acids is 1. The Labute approximate surface area is 143 Å². The predicted octanol–water partition coefficient (Wildman–Crippen LogP) is 4.35. The molecule has 0 aliphatic carbocycles. The van der Waals surface area contributed by atoms with Crippen molar-refractivity contribution in [1.29, 1.82) is 0 Å². The van der Waals surface area contributed by atoms with E-state index in [1.54, 1.807) is 0 Å². The molecule has 0 bridgehead atoms. The Morgan fingerprint density at radius 1 is 1.17 bits per heavy atom. The molecule has 24 heavy (non-hydrogen) atoms. The highest BCUT2D eigenvalue weighted by molar-refractivity contribution is 5.75. The Bertz CT molecular complexity index is 701. The first kappa shape index (κ1) is 17.7. The molecule has 1 amide bonds. The molecule has 5 nitrogen and oxygen atoms in total. The number of rotatable bonds is 4. The Morgan fingerprint density at radius 3 is 2.54 bits per heavy atom. The molecular formula is C19H25N3O2. The lowest BCUT2D eigenvalue weighted by atomic mass is 10.1. The van der Waals surface area contributed by atoms with E-state index < -0.39 is 11.7 Å². The number of amides is 1. The minimum atomic E-state index is -0.504. The summed E-state index contributed by atoms with van der Waals surface area (Å²) in [5.74, 6) is 0. The fraction of sp³-hybridized carbons (Fsp3) is 0.316. The fourth-order valence-corrected chi connectivity index (χ4v) is 2.25. The van der Waals surface area contributed by atoms with Gasteiger partial charge in [-0.25, -0.2) is 4.79 Å².